The second-order valence-electron chi connectivity index (χ2n) is 5.10. The van der Waals surface area contributed by atoms with Crippen LogP contribution < -0.4 is 0 Å². The Bertz CT molecular complexity index is 860. The van der Waals surface area contributed by atoms with Gasteiger partial charge in [0.2, 0.25) is 0 Å². The minimum absolute atomic E-state index is 0.201. The van der Waals surface area contributed by atoms with E-state index in [9.17, 15) is 4.79 Å². The molecule has 1 aromatic heterocycles. The molecule has 0 fully saturated rings. The van der Waals surface area contributed by atoms with Gasteiger partial charge < -0.3 is 9.67 Å². The summed E-state index contributed by atoms with van der Waals surface area (Å²) in [6.45, 7) is 0. The van der Waals surface area contributed by atoms with Gasteiger partial charge in [0, 0.05) is 23.7 Å². The highest BCUT2D eigenvalue weighted by atomic mass is 16.4. The molecular weight excluding hydrogens is 276 g/mol. The van der Waals surface area contributed by atoms with Crippen LogP contribution in [0.15, 0.2) is 60.8 Å². The van der Waals surface area contributed by atoms with Gasteiger partial charge in [0.25, 0.3) is 0 Å². The summed E-state index contributed by atoms with van der Waals surface area (Å²) in [7, 11) is 0. The van der Waals surface area contributed by atoms with Gasteiger partial charge in [0.1, 0.15) is 5.92 Å². The Labute approximate surface area is 127 Å². The summed E-state index contributed by atoms with van der Waals surface area (Å²) in [5.41, 5.74) is 2.88. The summed E-state index contributed by atoms with van der Waals surface area (Å²) < 4.78 is 2.03. The van der Waals surface area contributed by atoms with Crippen LogP contribution >= 0.6 is 0 Å². The van der Waals surface area contributed by atoms with E-state index in [1.807, 2.05) is 71.4 Å². The van der Waals surface area contributed by atoms with Crippen molar-refractivity contribution in [1.29, 1.82) is 5.26 Å². The predicted molar refractivity (Wildman–Crippen MR) is 83.7 cm³/mol. The molecule has 1 unspecified atom stereocenters. The van der Waals surface area contributed by atoms with E-state index in [-0.39, 0.29) is 6.42 Å². The summed E-state index contributed by atoms with van der Waals surface area (Å²) in [6, 6.07) is 19.5. The van der Waals surface area contributed by atoms with E-state index >= 15 is 0 Å². The molecule has 1 heterocycles. The average molecular weight is 290 g/mol. The van der Waals surface area contributed by atoms with Gasteiger partial charge in [-0.3, -0.25) is 4.79 Å². The van der Waals surface area contributed by atoms with Crippen molar-refractivity contribution in [2.45, 2.75) is 6.42 Å². The largest absolute Gasteiger partial charge is 0.480 e. The molecule has 0 aliphatic rings. The molecular formula is C18H14N2O2. The highest BCUT2D eigenvalue weighted by molar-refractivity contribution is 5.86. The summed E-state index contributed by atoms with van der Waals surface area (Å²) >= 11 is 0. The van der Waals surface area contributed by atoms with Crippen LogP contribution in [0.1, 0.15) is 5.56 Å². The molecule has 1 atom stereocenters. The first kappa shape index (κ1) is 13.9. The number of fused-ring (bicyclic) bond motifs is 1. The van der Waals surface area contributed by atoms with Crippen LogP contribution in [-0.4, -0.2) is 15.6 Å². The second-order valence-corrected chi connectivity index (χ2v) is 5.10. The fraction of sp³-hybridized carbons (Fsp3) is 0.111. The van der Waals surface area contributed by atoms with E-state index in [0.717, 1.165) is 22.2 Å². The Morgan fingerprint density at radius 2 is 1.82 bits per heavy atom. The van der Waals surface area contributed by atoms with Crippen LogP contribution in [0.3, 0.4) is 0 Å². The van der Waals surface area contributed by atoms with Crippen LogP contribution in [0.4, 0.5) is 0 Å². The number of aliphatic carboxylic acids is 1. The number of carboxylic acids is 1. The number of carbonyl (C=O) groups is 1. The zero-order valence-corrected chi connectivity index (χ0v) is 11.8. The van der Waals surface area contributed by atoms with Gasteiger partial charge in [0.05, 0.1) is 11.6 Å². The minimum atomic E-state index is -1.08. The van der Waals surface area contributed by atoms with Crippen molar-refractivity contribution in [1.82, 2.24) is 4.57 Å². The predicted octanol–water partition coefficient (Wildman–Crippen LogP) is 3.40. The third-order valence-corrected chi connectivity index (χ3v) is 3.71. The number of carboxylic acid groups (broad SMARTS) is 1. The molecule has 1 N–H and O–H groups in total. The maximum absolute atomic E-state index is 11.1. The number of nitrogens with zero attached hydrogens (tertiary/aromatic N) is 2. The number of hydrogen-bond acceptors (Lipinski definition) is 2. The smallest absolute Gasteiger partial charge is 0.321 e. The zero-order valence-electron chi connectivity index (χ0n) is 11.8. The van der Waals surface area contributed by atoms with Crippen molar-refractivity contribution < 1.29 is 9.90 Å². The lowest BCUT2D eigenvalue weighted by molar-refractivity contribution is -0.139. The number of aromatic nitrogens is 1. The van der Waals surface area contributed by atoms with E-state index in [0.29, 0.717) is 0 Å². The highest BCUT2D eigenvalue weighted by Gasteiger charge is 2.20. The fourth-order valence-corrected chi connectivity index (χ4v) is 2.62. The van der Waals surface area contributed by atoms with Crippen molar-refractivity contribution >= 4 is 16.9 Å². The number of benzene rings is 2. The van der Waals surface area contributed by atoms with E-state index in [2.05, 4.69) is 0 Å². The molecule has 2 aromatic carbocycles. The van der Waals surface area contributed by atoms with Gasteiger partial charge in [-0.15, -0.1) is 0 Å². The Balaban J connectivity index is 2.13. The maximum Gasteiger partial charge on any atom is 0.321 e. The van der Waals surface area contributed by atoms with E-state index < -0.39 is 11.9 Å². The van der Waals surface area contributed by atoms with Gasteiger partial charge in [0.15, 0.2) is 0 Å². The maximum atomic E-state index is 11.1. The molecule has 3 aromatic rings. The van der Waals surface area contributed by atoms with Gasteiger partial charge in [-0.25, -0.2) is 0 Å². The van der Waals surface area contributed by atoms with Crippen LogP contribution in [0.25, 0.3) is 16.6 Å². The summed E-state index contributed by atoms with van der Waals surface area (Å²) in [6.07, 6.45) is 2.12. The quantitative estimate of drug-likeness (QED) is 0.800. The standard InChI is InChI=1S/C18H14N2O2/c19-11-13(18(21)22)10-14-12-20(15-6-2-1-3-7-15)17-9-5-4-8-16(14)17/h1-9,12-13H,10H2,(H,21,22). The molecule has 4 heteroatoms. The second kappa shape index (κ2) is 5.74. The molecule has 0 spiro atoms. The highest BCUT2D eigenvalue weighted by Crippen LogP contribution is 2.26. The van der Waals surface area contributed by atoms with E-state index in [1.165, 1.54) is 0 Å². The van der Waals surface area contributed by atoms with Crippen molar-refractivity contribution in [2.24, 2.45) is 5.92 Å². The van der Waals surface area contributed by atoms with Gasteiger partial charge >= 0.3 is 5.97 Å². The summed E-state index contributed by atoms with van der Waals surface area (Å²) in [4.78, 5) is 11.1. The topological polar surface area (TPSA) is 66.0 Å². The fourth-order valence-electron chi connectivity index (χ4n) is 2.62. The molecule has 0 radical (unpaired) electrons. The third-order valence-electron chi connectivity index (χ3n) is 3.71. The first-order chi connectivity index (χ1) is 10.7. The van der Waals surface area contributed by atoms with E-state index in [1.54, 1.807) is 0 Å². The monoisotopic (exact) mass is 290 g/mol. The molecule has 0 saturated heterocycles. The zero-order chi connectivity index (χ0) is 15.5. The molecule has 3 rings (SSSR count). The molecule has 108 valence electrons. The van der Waals surface area contributed by atoms with Crippen molar-refractivity contribution in [2.75, 3.05) is 0 Å². The Kier molecular flexibility index (Phi) is 3.63. The lowest BCUT2D eigenvalue weighted by atomic mass is 10.0. The van der Waals surface area contributed by atoms with Gasteiger partial charge in [-0.1, -0.05) is 36.4 Å². The van der Waals surface area contributed by atoms with Crippen LogP contribution in [0.2, 0.25) is 0 Å². The number of hydrogen-bond donors (Lipinski definition) is 1. The third kappa shape index (κ3) is 2.45. The molecule has 0 bridgehead atoms. The van der Waals surface area contributed by atoms with Gasteiger partial charge in [-0.05, 0) is 23.8 Å². The van der Waals surface area contributed by atoms with E-state index in [4.69, 9.17) is 10.4 Å². The SMILES string of the molecule is N#CC(Cc1cn(-c2ccccc2)c2ccccc12)C(=O)O. The van der Waals surface area contributed by atoms with Crippen LogP contribution in [-0.2, 0) is 11.2 Å². The average Bonchev–Trinajstić information content (AvgIpc) is 2.92. The number of rotatable bonds is 4. The molecule has 22 heavy (non-hydrogen) atoms. The Morgan fingerprint density at radius 1 is 1.14 bits per heavy atom. The number of para-hydroxylation sites is 2. The van der Waals surface area contributed by atoms with Crippen molar-refractivity contribution in [3.05, 3.63) is 66.4 Å². The van der Waals surface area contributed by atoms with Gasteiger partial charge in [-0.2, -0.15) is 5.26 Å². The summed E-state index contributed by atoms with van der Waals surface area (Å²) in [5.74, 6) is -2.12. The summed E-state index contributed by atoms with van der Waals surface area (Å²) in [5, 5.41) is 19.1. The van der Waals surface area contributed by atoms with Crippen LogP contribution in [0, 0.1) is 17.2 Å². The molecule has 0 amide bonds. The molecule has 4 nitrogen and oxygen atoms in total. The minimum Gasteiger partial charge on any atom is -0.480 e. The lowest BCUT2D eigenvalue weighted by Gasteiger charge is -2.04. The number of nitriles is 1. The molecule has 0 aliphatic heterocycles. The normalized spacial score (nSPS) is 12.0. The Hall–Kier alpha value is -3.06. The van der Waals surface area contributed by atoms with Crippen LogP contribution in [0.5, 0.6) is 0 Å². The molecule has 0 saturated carbocycles. The molecule has 0 aliphatic carbocycles. The first-order valence-corrected chi connectivity index (χ1v) is 6.97. The Morgan fingerprint density at radius 3 is 2.50 bits per heavy atom. The lowest BCUT2D eigenvalue weighted by Crippen LogP contribution is -2.13. The van der Waals surface area contributed by atoms with Crippen molar-refractivity contribution in [3.8, 4) is 11.8 Å². The van der Waals surface area contributed by atoms with Crippen molar-refractivity contribution in [3.63, 3.8) is 0 Å². The first-order valence-electron chi connectivity index (χ1n) is 6.97.